The zero-order valence-corrected chi connectivity index (χ0v) is 9.76. The molecule has 1 aromatic rings. The molecule has 16 heavy (non-hydrogen) atoms. The highest BCUT2D eigenvalue weighted by atomic mass is 16.3. The fraction of sp³-hybridized carbons (Fsp3) is 0.538. The van der Waals surface area contributed by atoms with Crippen LogP contribution in [0.2, 0.25) is 0 Å². The first kappa shape index (κ1) is 11.6. The van der Waals surface area contributed by atoms with Crippen molar-refractivity contribution in [2.45, 2.75) is 32.0 Å². The van der Waals surface area contributed by atoms with E-state index in [1.54, 1.807) is 0 Å². The monoisotopic (exact) mass is 220 g/mol. The minimum Gasteiger partial charge on any atom is -0.391 e. The maximum atomic E-state index is 10.1. The molecule has 1 fully saturated rings. The zero-order valence-electron chi connectivity index (χ0n) is 9.76. The summed E-state index contributed by atoms with van der Waals surface area (Å²) in [7, 11) is 0. The van der Waals surface area contributed by atoms with Crippen LogP contribution in [-0.2, 0) is 6.54 Å². The van der Waals surface area contributed by atoms with Crippen LogP contribution in [0.3, 0.4) is 0 Å². The first-order valence-corrected chi connectivity index (χ1v) is 5.98. The lowest BCUT2D eigenvalue weighted by atomic mass is 9.97. The van der Waals surface area contributed by atoms with Crippen molar-refractivity contribution in [2.24, 2.45) is 5.73 Å². The first-order chi connectivity index (χ1) is 7.77. The number of rotatable bonds is 3. The minimum atomic E-state index is -0.257. The van der Waals surface area contributed by atoms with Crippen LogP contribution in [0.4, 0.5) is 0 Å². The predicted molar refractivity (Wildman–Crippen MR) is 64.9 cm³/mol. The van der Waals surface area contributed by atoms with Crippen LogP contribution in [0, 0.1) is 0 Å². The second-order valence-electron chi connectivity index (χ2n) is 4.33. The van der Waals surface area contributed by atoms with Gasteiger partial charge in [-0.3, -0.25) is 4.90 Å². The van der Waals surface area contributed by atoms with E-state index in [4.69, 9.17) is 5.73 Å². The summed E-state index contributed by atoms with van der Waals surface area (Å²) >= 11 is 0. The van der Waals surface area contributed by atoms with E-state index in [2.05, 4.69) is 17.9 Å². The second-order valence-corrected chi connectivity index (χ2v) is 4.33. The number of hydrogen-bond donors (Lipinski definition) is 2. The Labute approximate surface area is 96.9 Å². The Morgan fingerprint density at radius 1 is 1.44 bits per heavy atom. The third-order valence-corrected chi connectivity index (χ3v) is 3.47. The molecule has 3 nitrogen and oxygen atoms in total. The molecule has 1 saturated heterocycles. The largest absolute Gasteiger partial charge is 0.391 e. The molecular weight excluding hydrogens is 200 g/mol. The molecular formula is C13H20N2O. The maximum absolute atomic E-state index is 10.1. The van der Waals surface area contributed by atoms with Crippen molar-refractivity contribution in [3.8, 4) is 0 Å². The smallest absolute Gasteiger partial charge is 0.0749 e. The molecule has 1 aliphatic heterocycles. The molecule has 0 spiro atoms. The van der Waals surface area contributed by atoms with Gasteiger partial charge < -0.3 is 10.8 Å². The number of nitrogens with zero attached hydrogens (tertiary/aromatic N) is 1. The van der Waals surface area contributed by atoms with Crippen LogP contribution in [-0.4, -0.2) is 29.2 Å². The third-order valence-electron chi connectivity index (χ3n) is 3.47. The van der Waals surface area contributed by atoms with Gasteiger partial charge in [0.2, 0.25) is 0 Å². The van der Waals surface area contributed by atoms with Gasteiger partial charge >= 0.3 is 0 Å². The SMILES string of the molecule is CCN1CCC(O)C1c1ccccc1CN. The Bertz CT molecular complexity index is 354. The molecule has 3 heteroatoms. The molecule has 0 bridgehead atoms. The van der Waals surface area contributed by atoms with E-state index in [-0.39, 0.29) is 12.1 Å². The van der Waals surface area contributed by atoms with Crippen molar-refractivity contribution < 1.29 is 5.11 Å². The van der Waals surface area contributed by atoms with Crippen molar-refractivity contribution in [1.82, 2.24) is 4.90 Å². The molecule has 2 rings (SSSR count). The van der Waals surface area contributed by atoms with Gasteiger partial charge in [-0.2, -0.15) is 0 Å². The number of nitrogens with two attached hydrogens (primary N) is 1. The summed E-state index contributed by atoms with van der Waals surface area (Å²) < 4.78 is 0. The highest BCUT2D eigenvalue weighted by Crippen LogP contribution is 2.33. The van der Waals surface area contributed by atoms with Crippen molar-refractivity contribution in [1.29, 1.82) is 0 Å². The lowest BCUT2D eigenvalue weighted by Crippen LogP contribution is -2.28. The van der Waals surface area contributed by atoms with Crippen molar-refractivity contribution in [3.63, 3.8) is 0 Å². The molecule has 0 amide bonds. The first-order valence-electron chi connectivity index (χ1n) is 5.98. The lowest BCUT2D eigenvalue weighted by molar-refractivity contribution is 0.118. The van der Waals surface area contributed by atoms with Gasteiger partial charge in [0.05, 0.1) is 12.1 Å². The second kappa shape index (κ2) is 4.95. The molecule has 1 aromatic carbocycles. The van der Waals surface area contributed by atoms with Crippen molar-refractivity contribution >= 4 is 0 Å². The minimum absolute atomic E-state index is 0.129. The van der Waals surface area contributed by atoms with E-state index in [1.807, 2.05) is 18.2 Å². The zero-order chi connectivity index (χ0) is 11.5. The van der Waals surface area contributed by atoms with Gasteiger partial charge in [0.15, 0.2) is 0 Å². The normalized spacial score (nSPS) is 26.2. The summed E-state index contributed by atoms with van der Waals surface area (Å²) in [5.74, 6) is 0. The van der Waals surface area contributed by atoms with Gasteiger partial charge in [-0.1, -0.05) is 31.2 Å². The van der Waals surface area contributed by atoms with Gasteiger partial charge in [-0.25, -0.2) is 0 Å². The predicted octanol–water partition coefficient (Wildman–Crippen LogP) is 1.27. The van der Waals surface area contributed by atoms with Crippen LogP contribution in [0.15, 0.2) is 24.3 Å². The number of aliphatic hydroxyl groups excluding tert-OH is 1. The molecule has 0 saturated carbocycles. The summed E-state index contributed by atoms with van der Waals surface area (Å²) in [6.07, 6.45) is 0.602. The van der Waals surface area contributed by atoms with E-state index in [0.717, 1.165) is 25.1 Å². The van der Waals surface area contributed by atoms with E-state index in [9.17, 15) is 5.11 Å². The van der Waals surface area contributed by atoms with Crippen molar-refractivity contribution in [3.05, 3.63) is 35.4 Å². The molecule has 0 aromatic heterocycles. The topological polar surface area (TPSA) is 49.5 Å². The highest BCUT2D eigenvalue weighted by molar-refractivity contribution is 5.31. The van der Waals surface area contributed by atoms with Crippen LogP contribution >= 0.6 is 0 Å². The van der Waals surface area contributed by atoms with Crippen LogP contribution in [0.1, 0.15) is 30.5 Å². The van der Waals surface area contributed by atoms with Crippen LogP contribution in [0.5, 0.6) is 0 Å². The Morgan fingerprint density at radius 2 is 2.19 bits per heavy atom. The van der Waals surface area contributed by atoms with Gasteiger partial charge in [-0.15, -0.1) is 0 Å². The summed E-state index contributed by atoms with van der Waals surface area (Å²) in [5.41, 5.74) is 8.09. The molecule has 2 atom stereocenters. The van der Waals surface area contributed by atoms with Gasteiger partial charge in [0, 0.05) is 13.1 Å². The number of aliphatic hydroxyl groups is 1. The molecule has 0 radical (unpaired) electrons. The molecule has 88 valence electrons. The number of benzene rings is 1. The fourth-order valence-corrected chi connectivity index (χ4v) is 2.61. The van der Waals surface area contributed by atoms with Crippen LogP contribution < -0.4 is 5.73 Å². The van der Waals surface area contributed by atoms with Gasteiger partial charge in [-0.05, 0) is 24.1 Å². The molecule has 0 aliphatic carbocycles. The molecule has 3 N–H and O–H groups in total. The maximum Gasteiger partial charge on any atom is 0.0749 e. The van der Waals surface area contributed by atoms with E-state index in [1.165, 1.54) is 5.56 Å². The average Bonchev–Trinajstić information content (AvgIpc) is 2.70. The van der Waals surface area contributed by atoms with E-state index < -0.39 is 0 Å². The fourth-order valence-electron chi connectivity index (χ4n) is 2.61. The van der Waals surface area contributed by atoms with E-state index in [0.29, 0.717) is 6.54 Å². The number of hydrogen-bond acceptors (Lipinski definition) is 3. The highest BCUT2D eigenvalue weighted by Gasteiger charge is 2.33. The third kappa shape index (κ3) is 1.98. The number of likely N-dealkylation sites (N-methyl/N-ethyl adjacent to an activating group) is 1. The molecule has 2 unspecified atom stereocenters. The summed E-state index contributed by atoms with van der Waals surface area (Å²) in [5, 5.41) is 10.1. The Balaban J connectivity index is 2.34. The number of likely N-dealkylation sites (tertiary alicyclic amines) is 1. The van der Waals surface area contributed by atoms with Gasteiger partial charge in [0.1, 0.15) is 0 Å². The lowest BCUT2D eigenvalue weighted by Gasteiger charge is -2.27. The van der Waals surface area contributed by atoms with Gasteiger partial charge in [0.25, 0.3) is 0 Å². The summed E-state index contributed by atoms with van der Waals surface area (Å²) in [6.45, 7) is 4.62. The molecule has 1 aliphatic rings. The Morgan fingerprint density at radius 3 is 2.88 bits per heavy atom. The molecule has 1 heterocycles. The summed E-state index contributed by atoms with van der Waals surface area (Å²) in [4.78, 5) is 2.32. The van der Waals surface area contributed by atoms with Crippen molar-refractivity contribution in [2.75, 3.05) is 13.1 Å². The Kier molecular flexibility index (Phi) is 3.59. The average molecular weight is 220 g/mol. The Hall–Kier alpha value is -0.900. The summed E-state index contributed by atoms with van der Waals surface area (Å²) in [6, 6.07) is 8.29. The van der Waals surface area contributed by atoms with Crippen LogP contribution in [0.25, 0.3) is 0 Å². The van der Waals surface area contributed by atoms with E-state index >= 15 is 0 Å². The standard InChI is InChI=1S/C13H20N2O/c1-2-15-8-7-12(16)13(15)11-6-4-3-5-10(11)9-14/h3-6,12-13,16H,2,7-9,14H2,1H3. The quantitative estimate of drug-likeness (QED) is 0.806.